The smallest absolute Gasteiger partial charge is 0.352 e. The largest absolute Gasteiger partial charge is 0.474 e. The number of H-pyrrole nitrogens is 1. The molecule has 1 fully saturated rings. The first-order valence-electron chi connectivity index (χ1n) is 8.51. The molecule has 29 heavy (non-hydrogen) atoms. The highest BCUT2D eigenvalue weighted by Crippen LogP contribution is 2.50. The van der Waals surface area contributed by atoms with E-state index < -0.39 is 37.4 Å². The number of phosphoric ester groups is 1. The van der Waals surface area contributed by atoms with Crippen LogP contribution in [0.2, 0.25) is 0 Å². The van der Waals surface area contributed by atoms with Gasteiger partial charge in [0.25, 0.3) is 5.56 Å². The Morgan fingerprint density at radius 1 is 1.34 bits per heavy atom. The van der Waals surface area contributed by atoms with E-state index in [9.17, 15) is 14.2 Å². The van der Waals surface area contributed by atoms with Crippen LogP contribution in [0.3, 0.4) is 0 Å². The Bertz CT molecular complexity index is 891. The van der Waals surface area contributed by atoms with Crippen LogP contribution in [0.25, 0.3) is 10.4 Å². The average Bonchev–Trinajstić information content (AvgIpc) is 3.09. The van der Waals surface area contributed by atoms with Gasteiger partial charge in [-0.15, -0.1) is 23.2 Å². The summed E-state index contributed by atoms with van der Waals surface area (Å²) in [5, 5.41) is 3.65. The van der Waals surface area contributed by atoms with Gasteiger partial charge in [0, 0.05) is 34.9 Å². The molecule has 0 radical (unpaired) electrons. The van der Waals surface area contributed by atoms with Crippen molar-refractivity contribution in [3.63, 3.8) is 0 Å². The monoisotopic (exact) mass is 471 g/mol. The fraction of sp³-hybridized carbons (Fsp3) is 0.714. The lowest BCUT2D eigenvalue weighted by Gasteiger charge is -2.21. The molecule has 2 rings (SSSR count). The van der Waals surface area contributed by atoms with Crippen molar-refractivity contribution < 1.29 is 22.9 Å². The molecule has 0 amide bonds. The van der Waals surface area contributed by atoms with Crippen molar-refractivity contribution in [2.75, 3.05) is 31.6 Å². The van der Waals surface area contributed by atoms with Gasteiger partial charge in [0.1, 0.15) is 6.23 Å². The Kier molecular flexibility index (Phi) is 9.19. The summed E-state index contributed by atoms with van der Waals surface area (Å²) in [4.78, 5) is 28.6. The molecule has 12 nitrogen and oxygen atoms in total. The molecule has 1 aromatic rings. The molecule has 0 spiro atoms. The maximum Gasteiger partial charge on any atom is 0.474 e. The Labute approximate surface area is 175 Å². The second-order valence-corrected chi connectivity index (χ2v) is 8.33. The third kappa shape index (κ3) is 6.56. The Balaban J connectivity index is 2.15. The molecule has 1 aliphatic rings. The Morgan fingerprint density at radius 2 is 2.00 bits per heavy atom. The van der Waals surface area contributed by atoms with Gasteiger partial charge in [-0.1, -0.05) is 5.11 Å². The van der Waals surface area contributed by atoms with Crippen LogP contribution in [0.1, 0.15) is 18.2 Å². The normalized spacial score (nSPS) is 21.8. The van der Waals surface area contributed by atoms with Crippen LogP contribution in [0.4, 0.5) is 0 Å². The highest BCUT2D eigenvalue weighted by Gasteiger charge is 2.39. The van der Waals surface area contributed by atoms with Gasteiger partial charge in [0.2, 0.25) is 0 Å². The highest BCUT2D eigenvalue weighted by molar-refractivity contribution is 7.48. The SMILES string of the molecule is Cc1cn([C@H]2C[C@H](N=[N+]=[N-])[C@@H](COP(=O)(OCCCl)OCCCl)O2)c(=O)[nH]c1=O. The van der Waals surface area contributed by atoms with Gasteiger partial charge in [0.05, 0.1) is 32.0 Å². The van der Waals surface area contributed by atoms with E-state index in [4.69, 9.17) is 47.0 Å². The van der Waals surface area contributed by atoms with Crippen LogP contribution in [0.5, 0.6) is 0 Å². The number of alkyl halides is 2. The molecular weight excluding hydrogens is 452 g/mol. The van der Waals surface area contributed by atoms with Crippen LogP contribution in [-0.2, 0) is 22.9 Å². The number of ether oxygens (including phenoxy) is 1. The van der Waals surface area contributed by atoms with Gasteiger partial charge >= 0.3 is 13.5 Å². The summed E-state index contributed by atoms with van der Waals surface area (Å²) in [5.41, 5.74) is 7.93. The van der Waals surface area contributed by atoms with Crippen molar-refractivity contribution in [3.05, 3.63) is 43.0 Å². The summed E-state index contributed by atoms with van der Waals surface area (Å²) in [6.45, 7) is 1.06. The molecule has 0 bridgehead atoms. The van der Waals surface area contributed by atoms with Crippen LogP contribution in [0.15, 0.2) is 20.9 Å². The summed E-state index contributed by atoms with van der Waals surface area (Å²) >= 11 is 11.1. The van der Waals surface area contributed by atoms with Gasteiger partial charge in [-0.05, 0) is 12.5 Å². The fourth-order valence-electron chi connectivity index (χ4n) is 2.59. The minimum absolute atomic E-state index is 0.0649. The van der Waals surface area contributed by atoms with E-state index in [-0.39, 0.29) is 38.0 Å². The summed E-state index contributed by atoms with van der Waals surface area (Å²) in [7, 11) is -3.97. The first-order chi connectivity index (χ1) is 13.8. The van der Waals surface area contributed by atoms with Crippen molar-refractivity contribution >= 4 is 31.0 Å². The summed E-state index contributed by atoms with van der Waals surface area (Å²) in [5.74, 6) is 0.130. The summed E-state index contributed by atoms with van der Waals surface area (Å²) < 4.78 is 35.0. The van der Waals surface area contributed by atoms with Crippen molar-refractivity contribution in [1.29, 1.82) is 0 Å². The Hall–Kier alpha value is -1.36. The molecule has 1 saturated heterocycles. The molecule has 0 unspecified atom stereocenters. The molecule has 162 valence electrons. The number of rotatable bonds is 11. The molecule has 1 N–H and O–H groups in total. The first-order valence-corrected chi connectivity index (χ1v) is 11.0. The number of nitrogens with one attached hydrogen (secondary N) is 1. The third-order valence-corrected chi connectivity index (χ3v) is 5.68. The molecule has 1 aromatic heterocycles. The molecule has 1 aliphatic heterocycles. The van der Waals surface area contributed by atoms with E-state index in [2.05, 4.69) is 15.0 Å². The van der Waals surface area contributed by atoms with Gasteiger partial charge in [-0.3, -0.25) is 27.9 Å². The minimum atomic E-state index is -3.97. The number of azide groups is 1. The molecular formula is C14H20Cl2N5O7P. The van der Waals surface area contributed by atoms with Crippen molar-refractivity contribution in [3.8, 4) is 0 Å². The van der Waals surface area contributed by atoms with Gasteiger partial charge in [0.15, 0.2) is 0 Å². The van der Waals surface area contributed by atoms with Crippen molar-refractivity contribution in [1.82, 2.24) is 9.55 Å². The van der Waals surface area contributed by atoms with E-state index in [0.717, 1.165) is 0 Å². The molecule has 0 saturated carbocycles. The zero-order valence-electron chi connectivity index (χ0n) is 15.4. The number of hydrogen-bond donors (Lipinski definition) is 1. The van der Waals surface area contributed by atoms with Crippen LogP contribution < -0.4 is 11.2 Å². The lowest BCUT2D eigenvalue weighted by molar-refractivity contribution is -0.0299. The number of halogens is 2. The second-order valence-electron chi connectivity index (χ2n) is 5.90. The van der Waals surface area contributed by atoms with Crippen LogP contribution in [-0.4, -0.2) is 53.3 Å². The predicted molar refractivity (Wildman–Crippen MR) is 104 cm³/mol. The fourth-order valence-corrected chi connectivity index (χ4v) is 4.15. The number of aryl methyl sites for hydroxylation is 1. The minimum Gasteiger partial charge on any atom is -0.352 e. The standard InChI is InChI=1S/C14H20Cl2N5O7P/c1-9-7-21(14(23)18-13(9)22)12-6-10(19-20-17)11(28-12)8-27-29(24,25-4-2-15)26-5-3-16/h7,10-12H,2-6,8H2,1H3,(H,18,22,23)/t10-,11+,12+/m0/s1. The quantitative estimate of drug-likeness (QED) is 0.170. The number of phosphoric acid groups is 1. The maximum atomic E-state index is 12.6. The van der Waals surface area contributed by atoms with E-state index in [1.54, 1.807) is 0 Å². The number of aromatic amines is 1. The first kappa shape index (κ1) is 23.9. The Morgan fingerprint density at radius 3 is 2.59 bits per heavy atom. The predicted octanol–water partition coefficient (Wildman–Crippen LogP) is 2.45. The zero-order valence-corrected chi connectivity index (χ0v) is 17.8. The third-order valence-electron chi connectivity index (χ3n) is 3.91. The van der Waals surface area contributed by atoms with Crippen molar-refractivity contribution in [2.45, 2.75) is 31.7 Å². The zero-order chi connectivity index (χ0) is 21.4. The lowest BCUT2D eigenvalue weighted by atomic mass is 10.1. The van der Waals surface area contributed by atoms with Crippen LogP contribution in [0, 0.1) is 6.92 Å². The second kappa shape index (κ2) is 11.1. The van der Waals surface area contributed by atoms with E-state index in [0.29, 0.717) is 5.56 Å². The highest BCUT2D eigenvalue weighted by atomic mass is 35.5. The number of hydrogen-bond acceptors (Lipinski definition) is 8. The average molecular weight is 472 g/mol. The topological polar surface area (TPSA) is 158 Å². The molecule has 2 heterocycles. The summed E-state index contributed by atoms with van der Waals surface area (Å²) in [6.07, 6.45) is -0.185. The van der Waals surface area contributed by atoms with Gasteiger partial charge in [-0.2, -0.15) is 0 Å². The molecule has 15 heteroatoms. The van der Waals surface area contributed by atoms with E-state index in [1.807, 2.05) is 0 Å². The van der Waals surface area contributed by atoms with Crippen molar-refractivity contribution in [2.24, 2.45) is 5.11 Å². The molecule has 3 atom stereocenters. The summed E-state index contributed by atoms with van der Waals surface area (Å²) in [6, 6.07) is -0.723. The molecule has 0 aliphatic carbocycles. The van der Waals surface area contributed by atoms with Crippen LogP contribution >= 0.6 is 31.0 Å². The maximum absolute atomic E-state index is 12.6. The molecule has 0 aromatic carbocycles. The van der Waals surface area contributed by atoms with Gasteiger partial charge in [-0.25, -0.2) is 9.36 Å². The van der Waals surface area contributed by atoms with Gasteiger partial charge < -0.3 is 4.74 Å². The number of aromatic nitrogens is 2. The lowest BCUT2D eigenvalue weighted by Crippen LogP contribution is -2.33. The van der Waals surface area contributed by atoms with E-state index >= 15 is 0 Å². The number of nitrogens with zero attached hydrogens (tertiary/aromatic N) is 4. The van der Waals surface area contributed by atoms with E-state index in [1.165, 1.54) is 17.7 Å².